The molecule has 0 aliphatic heterocycles. The van der Waals surface area contributed by atoms with Crippen molar-refractivity contribution in [3.8, 4) is 11.6 Å². The molecule has 2 heterocycles. The Morgan fingerprint density at radius 3 is 2.63 bits per heavy atom. The second kappa shape index (κ2) is 5.71. The molecule has 0 saturated carbocycles. The lowest BCUT2D eigenvalue weighted by Gasteiger charge is -2.14. The van der Waals surface area contributed by atoms with Crippen LogP contribution in [0.15, 0.2) is 4.52 Å². The molecule has 0 atom stereocenters. The van der Waals surface area contributed by atoms with Gasteiger partial charge in [-0.3, -0.25) is 4.68 Å². The first-order valence-electron chi connectivity index (χ1n) is 6.31. The molecule has 0 bridgehead atoms. The molecule has 0 saturated heterocycles. The van der Waals surface area contributed by atoms with Gasteiger partial charge in [0.2, 0.25) is 0 Å². The van der Waals surface area contributed by atoms with Crippen molar-refractivity contribution in [1.29, 1.82) is 0 Å². The summed E-state index contributed by atoms with van der Waals surface area (Å²) < 4.78 is 7.02. The fourth-order valence-corrected chi connectivity index (χ4v) is 2.06. The Morgan fingerprint density at radius 1 is 1.37 bits per heavy atom. The minimum atomic E-state index is 0.370. The van der Waals surface area contributed by atoms with E-state index in [0.717, 1.165) is 25.3 Å². The fraction of sp³-hybridized carbons (Fsp3) is 0.583. The standard InChI is InChI=1S/C12H18ClN5O/c1-5-17(4)7-9-10(13)11(15-18(9)6-2)12-14-8(3)16-19-12/h5-7H2,1-4H3. The molecule has 2 rings (SSSR count). The summed E-state index contributed by atoms with van der Waals surface area (Å²) in [5.74, 6) is 0.944. The zero-order valence-electron chi connectivity index (χ0n) is 11.6. The van der Waals surface area contributed by atoms with Gasteiger partial charge in [-0.15, -0.1) is 0 Å². The SMILES string of the molecule is CCN(C)Cc1c(Cl)c(-c2nc(C)no2)nn1CC. The van der Waals surface area contributed by atoms with Gasteiger partial charge in [0.1, 0.15) is 0 Å². The van der Waals surface area contributed by atoms with Crippen LogP contribution in [-0.4, -0.2) is 38.4 Å². The first-order chi connectivity index (χ1) is 9.06. The van der Waals surface area contributed by atoms with E-state index < -0.39 is 0 Å². The van der Waals surface area contributed by atoms with Gasteiger partial charge in [0.25, 0.3) is 5.89 Å². The van der Waals surface area contributed by atoms with Crippen molar-refractivity contribution in [3.63, 3.8) is 0 Å². The van der Waals surface area contributed by atoms with Gasteiger partial charge >= 0.3 is 0 Å². The molecule has 2 aromatic heterocycles. The third kappa shape index (κ3) is 2.79. The van der Waals surface area contributed by atoms with Gasteiger partial charge in [-0.25, -0.2) is 0 Å². The number of halogens is 1. The summed E-state index contributed by atoms with van der Waals surface area (Å²) in [6.45, 7) is 8.33. The maximum atomic E-state index is 6.42. The van der Waals surface area contributed by atoms with E-state index in [0.29, 0.717) is 22.4 Å². The molecule has 0 aliphatic carbocycles. The van der Waals surface area contributed by atoms with E-state index in [-0.39, 0.29) is 0 Å². The van der Waals surface area contributed by atoms with Crippen LogP contribution in [0, 0.1) is 6.92 Å². The van der Waals surface area contributed by atoms with Crippen LogP contribution < -0.4 is 0 Å². The summed E-state index contributed by atoms with van der Waals surface area (Å²) in [7, 11) is 2.04. The molecule has 2 aromatic rings. The van der Waals surface area contributed by atoms with Crippen LogP contribution in [0.4, 0.5) is 0 Å². The van der Waals surface area contributed by atoms with E-state index in [1.165, 1.54) is 0 Å². The minimum absolute atomic E-state index is 0.370. The van der Waals surface area contributed by atoms with Crippen molar-refractivity contribution in [2.45, 2.75) is 33.9 Å². The number of hydrogen-bond acceptors (Lipinski definition) is 5. The van der Waals surface area contributed by atoms with Crippen LogP contribution in [0.3, 0.4) is 0 Å². The Kier molecular flexibility index (Phi) is 4.21. The van der Waals surface area contributed by atoms with Crippen molar-refractivity contribution in [2.24, 2.45) is 0 Å². The van der Waals surface area contributed by atoms with Crippen LogP contribution in [-0.2, 0) is 13.1 Å². The zero-order valence-corrected chi connectivity index (χ0v) is 12.4. The average molecular weight is 284 g/mol. The molecule has 0 radical (unpaired) electrons. The Balaban J connectivity index is 2.41. The summed E-state index contributed by atoms with van der Waals surface area (Å²) in [6, 6.07) is 0. The van der Waals surface area contributed by atoms with E-state index in [2.05, 4.69) is 27.1 Å². The lowest BCUT2D eigenvalue weighted by Crippen LogP contribution is -2.19. The molecule has 0 N–H and O–H groups in total. The summed E-state index contributed by atoms with van der Waals surface area (Å²) >= 11 is 6.42. The molecule has 0 unspecified atom stereocenters. The largest absolute Gasteiger partial charge is 0.332 e. The van der Waals surface area contributed by atoms with E-state index in [4.69, 9.17) is 16.1 Å². The highest BCUT2D eigenvalue weighted by atomic mass is 35.5. The van der Waals surface area contributed by atoms with Gasteiger partial charge < -0.3 is 9.42 Å². The summed E-state index contributed by atoms with van der Waals surface area (Å²) in [4.78, 5) is 6.34. The van der Waals surface area contributed by atoms with E-state index in [9.17, 15) is 0 Å². The van der Waals surface area contributed by atoms with Gasteiger partial charge in [-0.2, -0.15) is 10.1 Å². The molecule has 0 aromatic carbocycles. The van der Waals surface area contributed by atoms with Crippen molar-refractivity contribution >= 4 is 11.6 Å². The highest BCUT2D eigenvalue weighted by molar-refractivity contribution is 6.33. The molecular weight excluding hydrogens is 266 g/mol. The van der Waals surface area contributed by atoms with Crippen LogP contribution in [0.2, 0.25) is 5.02 Å². The van der Waals surface area contributed by atoms with Crippen LogP contribution >= 0.6 is 11.6 Å². The summed E-state index contributed by atoms with van der Waals surface area (Å²) in [5.41, 5.74) is 1.53. The predicted octanol–water partition coefficient (Wildman–Crippen LogP) is 2.37. The lowest BCUT2D eigenvalue weighted by molar-refractivity contribution is 0.332. The third-order valence-electron chi connectivity index (χ3n) is 2.98. The van der Waals surface area contributed by atoms with E-state index >= 15 is 0 Å². The average Bonchev–Trinajstić information content (AvgIpc) is 2.95. The Hall–Kier alpha value is -1.40. The first kappa shape index (κ1) is 14.0. The number of aryl methyl sites for hydroxylation is 2. The molecule has 7 heteroatoms. The van der Waals surface area contributed by atoms with Gasteiger partial charge in [0.15, 0.2) is 11.5 Å². The van der Waals surface area contributed by atoms with Gasteiger partial charge in [0.05, 0.1) is 10.7 Å². The van der Waals surface area contributed by atoms with E-state index in [1.54, 1.807) is 6.92 Å². The van der Waals surface area contributed by atoms with Gasteiger partial charge in [-0.05, 0) is 27.4 Å². The molecule has 0 fully saturated rings. The van der Waals surface area contributed by atoms with Crippen LogP contribution in [0.25, 0.3) is 11.6 Å². The predicted molar refractivity (Wildman–Crippen MR) is 72.9 cm³/mol. The molecule has 0 amide bonds. The molecule has 104 valence electrons. The normalized spacial score (nSPS) is 11.5. The van der Waals surface area contributed by atoms with Gasteiger partial charge in [-0.1, -0.05) is 23.7 Å². The smallest absolute Gasteiger partial charge is 0.279 e. The minimum Gasteiger partial charge on any atom is -0.332 e. The molecule has 0 aliphatic rings. The Labute approximate surface area is 117 Å². The maximum Gasteiger partial charge on any atom is 0.279 e. The van der Waals surface area contributed by atoms with Crippen molar-refractivity contribution in [2.75, 3.05) is 13.6 Å². The molecule has 0 spiro atoms. The third-order valence-corrected chi connectivity index (χ3v) is 3.38. The number of hydrogen-bond donors (Lipinski definition) is 0. The summed E-state index contributed by atoms with van der Waals surface area (Å²) in [6.07, 6.45) is 0. The van der Waals surface area contributed by atoms with Crippen LogP contribution in [0.1, 0.15) is 25.4 Å². The van der Waals surface area contributed by atoms with Crippen LogP contribution in [0.5, 0.6) is 0 Å². The van der Waals surface area contributed by atoms with E-state index in [1.807, 2.05) is 18.7 Å². The lowest BCUT2D eigenvalue weighted by atomic mass is 10.3. The summed E-state index contributed by atoms with van der Waals surface area (Å²) in [5, 5.41) is 8.82. The van der Waals surface area contributed by atoms with Crippen molar-refractivity contribution in [3.05, 3.63) is 16.5 Å². The quantitative estimate of drug-likeness (QED) is 0.843. The molecule has 6 nitrogen and oxygen atoms in total. The second-order valence-corrected chi connectivity index (χ2v) is 4.78. The molecular formula is C12H18ClN5O. The topological polar surface area (TPSA) is 60.0 Å². The number of nitrogens with zero attached hydrogens (tertiary/aromatic N) is 5. The highest BCUT2D eigenvalue weighted by Crippen LogP contribution is 2.29. The molecule has 19 heavy (non-hydrogen) atoms. The Bertz CT molecular complexity index is 562. The zero-order chi connectivity index (χ0) is 14.0. The highest BCUT2D eigenvalue weighted by Gasteiger charge is 2.21. The maximum absolute atomic E-state index is 6.42. The first-order valence-corrected chi connectivity index (χ1v) is 6.69. The van der Waals surface area contributed by atoms with Gasteiger partial charge in [0, 0.05) is 13.1 Å². The van der Waals surface area contributed by atoms with Crippen molar-refractivity contribution in [1.82, 2.24) is 24.8 Å². The van der Waals surface area contributed by atoms with Crippen molar-refractivity contribution < 1.29 is 4.52 Å². The monoisotopic (exact) mass is 283 g/mol. The number of aromatic nitrogens is 4. The second-order valence-electron chi connectivity index (χ2n) is 4.40. The Morgan fingerprint density at radius 2 is 2.11 bits per heavy atom. The fourth-order valence-electron chi connectivity index (χ4n) is 1.78. The number of rotatable bonds is 5.